The first-order valence-electron chi connectivity index (χ1n) is 5.35. The Balaban J connectivity index is 2.10. The number of morpholine rings is 1. The van der Waals surface area contributed by atoms with Crippen LogP contribution in [0.3, 0.4) is 0 Å². The fourth-order valence-electron chi connectivity index (χ4n) is 1.90. The van der Waals surface area contributed by atoms with E-state index in [4.69, 9.17) is 4.74 Å². The first kappa shape index (κ1) is 10.8. The fourth-order valence-corrected chi connectivity index (χ4v) is 2.26. The second-order valence-corrected chi connectivity index (χ2v) is 4.69. The Bertz CT molecular complexity index is 600. The number of hydrogen-bond donors (Lipinski definition) is 1. The predicted molar refractivity (Wildman–Crippen MR) is 66.5 cm³/mol. The van der Waals surface area contributed by atoms with E-state index in [-0.39, 0.29) is 5.56 Å². The van der Waals surface area contributed by atoms with Crippen LogP contribution in [0.1, 0.15) is 0 Å². The minimum atomic E-state index is -0.109. The standard InChI is InChI=1S/C10H11BrN4O2/c11-7-6-12-15-9(16)5-8(13-10(7)15)14-1-3-17-4-2-14/h5-6,12H,1-4H2. The number of fused-ring (bicyclic) bond motifs is 1. The van der Waals surface area contributed by atoms with Crippen LogP contribution in [0, 0.1) is 0 Å². The number of aromatic amines is 1. The molecule has 0 aliphatic carbocycles. The summed E-state index contributed by atoms with van der Waals surface area (Å²) in [4.78, 5) is 18.4. The number of hydrogen-bond acceptors (Lipinski definition) is 4. The van der Waals surface area contributed by atoms with Crippen molar-refractivity contribution in [2.75, 3.05) is 31.2 Å². The molecule has 1 saturated heterocycles. The molecule has 1 fully saturated rings. The summed E-state index contributed by atoms with van der Waals surface area (Å²) >= 11 is 3.36. The van der Waals surface area contributed by atoms with Crippen LogP contribution in [0.5, 0.6) is 0 Å². The maximum Gasteiger partial charge on any atom is 0.274 e. The molecule has 6 nitrogen and oxygen atoms in total. The second-order valence-electron chi connectivity index (χ2n) is 3.83. The van der Waals surface area contributed by atoms with Gasteiger partial charge in [0.1, 0.15) is 5.82 Å². The molecule has 0 spiro atoms. The number of nitrogens with one attached hydrogen (secondary N) is 1. The van der Waals surface area contributed by atoms with Gasteiger partial charge >= 0.3 is 0 Å². The van der Waals surface area contributed by atoms with Gasteiger partial charge in [0.05, 0.1) is 17.7 Å². The van der Waals surface area contributed by atoms with Gasteiger partial charge in [-0.15, -0.1) is 0 Å². The minimum absolute atomic E-state index is 0.109. The van der Waals surface area contributed by atoms with E-state index in [9.17, 15) is 4.79 Å². The number of halogens is 1. The predicted octanol–water partition coefficient (Wildman–Crippen LogP) is 0.622. The summed E-state index contributed by atoms with van der Waals surface area (Å²) in [6.45, 7) is 2.89. The zero-order chi connectivity index (χ0) is 11.8. The zero-order valence-electron chi connectivity index (χ0n) is 9.02. The van der Waals surface area contributed by atoms with Crippen LogP contribution in [-0.4, -0.2) is 40.9 Å². The Morgan fingerprint density at radius 3 is 2.94 bits per heavy atom. The number of nitrogens with zero attached hydrogens (tertiary/aromatic N) is 3. The molecule has 2 aromatic heterocycles. The van der Waals surface area contributed by atoms with E-state index >= 15 is 0 Å². The van der Waals surface area contributed by atoms with Crippen molar-refractivity contribution in [2.24, 2.45) is 0 Å². The van der Waals surface area contributed by atoms with Crippen LogP contribution < -0.4 is 10.5 Å². The van der Waals surface area contributed by atoms with Crippen LogP contribution in [0.4, 0.5) is 5.82 Å². The lowest BCUT2D eigenvalue weighted by atomic mass is 10.4. The summed E-state index contributed by atoms with van der Waals surface area (Å²) in [5.41, 5.74) is 0.501. The van der Waals surface area contributed by atoms with Crippen molar-refractivity contribution in [1.82, 2.24) is 14.6 Å². The smallest absolute Gasteiger partial charge is 0.274 e. The van der Waals surface area contributed by atoms with Crippen LogP contribution in [0.2, 0.25) is 0 Å². The topological polar surface area (TPSA) is 62.6 Å². The van der Waals surface area contributed by atoms with Gasteiger partial charge in [0.2, 0.25) is 0 Å². The van der Waals surface area contributed by atoms with Crippen LogP contribution in [-0.2, 0) is 4.74 Å². The lowest BCUT2D eigenvalue weighted by Gasteiger charge is -2.27. The van der Waals surface area contributed by atoms with Crippen molar-refractivity contribution >= 4 is 27.4 Å². The van der Waals surface area contributed by atoms with Crippen molar-refractivity contribution in [2.45, 2.75) is 0 Å². The van der Waals surface area contributed by atoms with Gasteiger partial charge < -0.3 is 9.64 Å². The van der Waals surface area contributed by atoms with Gasteiger partial charge in [-0.1, -0.05) is 0 Å². The van der Waals surface area contributed by atoms with Crippen LogP contribution in [0.15, 0.2) is 21.5 Å². The summed E-state index contributed by atoms with van der Waals surface area (Å²) < 4.78 is 7.47. The molecule has 1 N–H and O–H groups in total. The number of ether oxygens (including phenoxy) is 1. The average Bonchev–Trinajstić information content (AvgIpc) is 2.73. The van der Waals surface area contributed by atoms with E-state index in [2.05, 4.69) is 30.9 Å². The fraction of sp³-hybridized carbons (Fsp3) is 0.400. The molecule has 0 unspecified atom stereocenters. The quantitative estimate of drug-likeness (QED) is 0.838. The number of aromatic nitrogens is 3. The van der Waals surface area contributed by atoms with Crippen molar-refractivity contribution < 1.29 is 4.74 Å². The highest BCUT2D eigenvalue weighted by atomic mass is 79.9. The average molecular weight is 299 g/mol. The monoisotopic (exact) mass is 298 g/mol. The molecule has 1 aliphatic rings. The molecule has 90 valence electrons. The Morgan fingerprint density at radius 2 is 2.18 bits per heavy atom. The van der Waals surface area contributed by atoms with E-state index in [1.807, 2.05) is 0 Å². The summed E-state index contributed by atoms with van der Waals surface area (Å²) in [6, 6.07) is 1.54. The highest BCUT2D eigenvalue weighted by Crippen LogP contribution is 2.17. The van der Waals surface area contributed by atoms with Gasteiger partial charge in [-0.05, 0) is 15.9 Å². The normalized spacial score (nSPS) is 16.6. The Morgan fingerprint density at radius 1 is 1.41 bits per heavy atom. The molecule has 17 heavy (non-hydrogen) atoms. The second kappa shape index (κ2) is 4.15. The molecule has 3 rings (SSSR count). The molecule has 7 heteroatoms. The Hall–Kier alpha value is -1.34. The number of rotatable bonds is 1. The number of H-pyrrole nitrogens is 1. The lowest BCUT2D eigenvalue weighted by molar-refractivity contribution is 0.122. The summed E-state index contributed by atoms with van der Waals surface area (Å²) in [7, 11) is 0. The third-order valence-corrected chi connectivity index (χ3v) is 3.36. The van der Waals surface area contributed by atoms with Crippen molar-refractivity contribution in [3.63, 3.8) is 0 Å². The molecule has 0 radical (unpaired) electrons. The molecule has 0 amide bonds. The summed E-state index contributed by atoms with van der Waals surface area (Å²) in [5.74, 6) is 0.707. The van der Waals surface area contributed by atoms with Crippen molar-refractivity contribution in [1.29, 1.82) is 0 Å². The molecule has 0 aromatic carbocycles. The highest BCUT2D eigenvalue weighted by molar-refractivity contribution is 9.10. The third-order valence-electron chi connectivity index (χ3n) is 2.77. The van der Waals surface area contributed by atoms with E-state index in [1.165, 1.54) is 4.52 Å². The molecular formula is C10H11BrN4O2. The van der Waals surface area contributed by atoms with Gasteiger partial charge in [-0.3, -0.25) is 9.89 Å². The molecule has 2 aromatic rings. The van der Waals surface area contributed by atoms with Crippen molar-refractivity contribution in [3.05, 3.63) is 27.1 Å². The molecule has 3 heterocycles. The molecule has 0 saturated carbocycles. The lowest BCUT2D eigenvalue weighted by Crippen LogP contribution is -2.37. The van der Waals surface area contributed by atoms with E-state index in [0.717, 1.165) is 17.6 Å². The largest absolute Gasteiger partial charge is 0.378 e. The van der Waals surface area contributed by atoms with Gasteiger partial charge in [0, 0.05) is 25.4 Å². The van der Waals surface area contributed by atoms with E-state index in [1.54, 1.807) is 12.3 Å². The summed E-state index contributed by atoms with van der Waals surface area (Å²) in [5, 5.41) is 2.84. The van der Waals surface area contributed by atoms with Gasteiger partial charge in [0.15, 0.2) is 5.65 Å². The minimum Gasteiger partial charge on any atom is -0.378 e. The molecule has 0 atom stereocenters. The SMILES string of the molecule is O=c1cc(N2CCOCC2)nc2c(Br)c[nH]n12. The van der Waals surface area contributed by atoms with Gasteiger partial charge in [-0.25, -0.2) is 9.50 Å². The Kier molecular flexibility index (Phi) is 2.64. The third kappa shape index (κ3) is 1.85. The Labute approximate surface area is 105 Å². The molecule has 1 aliphatic heterocycles. The maximum absolute atomic E-state index is 11.9. The number of anilines is 1. The molecule has 0 bridgehead atoms. The van der Waals surface area contributed by atoms with E-state index in [0.29, 0.717) is 24.7 Å². The zero-order valence-corrected chi connectivity index (χ0v) is 10.6. The first-order valence-corrected chi connectivity index (χ1v) is 6.14. The van der Waals surface area contributed by atoms with Crippen LogP contribution >= 0.6 is 15.9 Å². The van der Waals surface area contributed by atoms with Crippen LogP contribution in [0.25, 0.3) is 5.65 Å². The maximum atomic E-state index is 11.9. The summed E-state index contributed by atoms with van der Waals surface area (Å²) in [6.07, 6.45) is 1.70. The first-order chi connectivity index (χ1) is 8.25. The van der Waals surface area contributed by atoms with Gasteiger partial charge in [0.25, 0.3) is 5.56 Å². The van der Waals surface area contributed by atoms with Crippen molar-refractivity contribution in [3.8, 4) is 0 Å². The molecular weight excluding hydrogens is 288 g/mol. The van der Waals surface area contributed by atoms with Gasteiger partial charge in [-0.2, -0.15) is 0 Å². The van der Waals surface area contributed by atoms with E-state index < -0.39 is 0 Å². The highest BCUT2D eigenvalue weighted by Gasteiger charge is 2.15.